The Balaban J connectivity index is 2.21. The van der Waals surface area contributed by atoms with Crippen molar-refractivity contribution in [2.75, 3.05) is 23.7 Å². The minimum atomic E-state index is -0.371. The van der Waals surface area contributed by atoms with E-state index in [4.69, 9.17) is 0 Å². The lowest BCUT2D eigenvalue weighted by molar-refractivity contribution is 0.183. The number of fused-ring (bicyclic) bond motifs is 1. The largest absolute Gasteiger partial charge is 0.391 e. The molecule has 0 fully saturated rings. The first-order valence-electron chi connectivity index (χ1n) is 6.74. The van der Waals surface area contributed by atoms with Crippen molar-refractivity contribution in [1.29, 1.82) is 0 Å². The van der Waals surface area contributed by atoms with Crippen molar-refractivity contribution in [3.05, 3.63) is 18.6 Å². The number of aliphatic hydroxyl groups excluding tert-OH is 1. The van der Waals surface area contributed by atoms with Gasteiger partial charge in [-0.05, 0) is 12.8 Å². The van der Waals surface area contributed by atoms with Gasteiger partial charge in [0.15, 0.2) is 11.5 Å². The number of aromatic nitrogens is 3. The van der Waals surface area contributed by atoms with Crippen LogP contribution in [0.5, 0.6) is 0 Å². The minimum absolute atomic E-state index is 0.371. The molecule has 6 heteroatoms. The Morgan fingerprint density at radius 2 is 2.21 bits per heavy atom. The van der Waals surface area contributed by atoms with Crippen LogP contribution in [0.3, 0.4) is 0 Å². The van der Waals surface area contributed by atoms with Crippen LogP contribution in [0.15, 0.2) is 18.6 Å². The molecule has 2 heterocycles. The standard InChI is InChI=1S/C13H21N5O/c1-3-5-14-11-9-18-7-6-15-13(18)12(17-11)16-8-10(19)4-2/h6-7,9-10,14,19H,3-5,8H2,1-2H3,(H,16,17). The molecule has 2 aromatic heterocycles. The molecule has 0 saturated carbocycles. The highest BCUT2D eigenvalue weighted by atomic mass is 16.3. The van der Waals surface area contributed by atoms with Gasteiger partial charge in [-0.15, -0.1) is 0 Å². The minimum Gasteiger partial charge on any atom is -0.391 e. The van der Waals surface area contributed by atoms with E-state index in [1.54, 1.807) is 6.20 Å². The van der Waals surface area contributed by atoms with Crippen LogP contribution in [0.4, 0.5) is 11.6 Å². The van der Waals surface area contributed by atoms with Gasteiger partial charge in [-0.2, -0.15) is 0 Å². The van der Waals surface area contributed by atoms with E-state index < -0.39 is 0 Å². The summed E-state index contributed by atoms with van der Waals surface area (Å²) in [6.07, 6.45) is 6.92. The molecule has 19 heavy (non-hydrogen) atoms. The lowest BCUT2D eigenvalue weighted by atomic mass is 10.3. The second-order valence-electron chi connectivity index (χ2n) is 4.50. The smallest absolute Gasteiger partial charge is 0.180 e. The lowest BCUT2D eigenvalue weighted by Gasteiger charge is -2.12. The highest BCUT2D eigenvalue weighted by Crippen LogP contribution is 2.16. The zero-order chi connectivity index (χ0) is 13.7. The number of aliphatic hydroxyl groups is 1. The van der Waals surface area contributed by atoms with E-state index in [0.717, 1.165) is 24.4 Å². The Kier molecular flexibility index (Phi) is 4.57. The first kappa shape index (κ1) is 13.6. The maximum absolute atomic E-state index is 9.62. The monoisotopic (exact) mass is 263 g/mol. The first-order chi connectivity index (χ1) is 9.24. The number of nitrogens with one attached hydrogen (secondary N) is 2. The second-order valence-corrected chi connectivity index (χ2v) is 4.50. The predicted molar refractivity (Wildman–Crippen MR) is 76.6 cm³/mol. The van der Waals surface area contributed by atoms with Gasteiger partial charge in [0.2, 0.25) is 0 Å². The first-order valence-corrected chi connectivity index (χ1v) is 6.74. The molecule has 0 amide bonds. The molecule has 0 radical (unpaired) electrons. The Morgan fingerprint density at radius 3 is 2.95 bits per heavy atom. The Hall–Kier alpha value is -1.82. The normalized spacial score (nSPS) is 12.6. The van der Waals surface area contributed by atoms with Gasteiger partial charge in [0.1, 0.15) is 5.82 Å². The molecule has 2 aromatic rings. The Labute approximate surface area is 112 Å². The fourth-order valence-corrected chi connectivity index (χ4v) is 1.75. The highest BCUT2D eigenvalue weighted by Gasteiger charge is 2.08. The van der Waals surface area contributed by atoms with E-state index in [1.165, 1.54) is 0 Å². The van der Waals surface area contributed by atoms with Gasteiger partial charge in [0.05, 0.1) is 12.3 Å². The van der Waals surface area contributed by atoms with Crippen molar-refractivity contribution in [3.63, 3.8) is 0 Å². The molecule has 6 nitrogen and oxygen atoms in total. The van der Waals surface area contributed by atoms with Gasteiger partial charge in [-0.25, -0.2) is 9.97 Å². The van der Waals surface area contributed by atoms with Crippen LogP contribution in [0.25, 0.3) is 5.65 Å². The molecule has 1 atom stereocenters. The highest BCUT2D eigenvalue weighted by molar-refractivity contribution is 5.65. The number of imidazole rings is 1. The van der Waals surface area contributed by atoms with Gasteiger partial charge >= 0.3 is 0 Å². The Morgan fingerprint density at radius 1 is 1.37 bits per heavy atom. The summed E-state index contributed by atoms with van der Waals surface area (Å²) in [5.41, 5.74) is 0.769. The molecular formula is C13H21N5O. The van der Waals surface area contributed by atoms with E-state index in [9.17, 15) is 5.11 Å². The zero-order valence-electron chi connectivity index (χ0n) is 11.4. The lowest BCUT2D eigenvalue weighted by Crippen LogP contribution is -2.19. The van der Waals surface area contributed by atoms with E-state index in [-0.39, 0.29) is 6.10 Å². The summed E-state index contributed by atoms with van der Waals surface area (Å²) in [6, 6.07) is 0. The number of hydrogen-bond donors (Lipinski definition) is 3. The van der Waals surface area contributed by atoms with Gasteiger partial charge in [-0.1, -0.05) is 13.8 Å². The van der Waals surface area contributed by atoms with E-state index in [2.05, 4.69) is 27.5 Å². The number of nitrogens with zero attached hydrogens (tertiary/aromatic N) is 3. The van der Waals surface area contributed by atoms with Crippen LogP contribution >= 0.6 is 0 Å². The van der Waals surface area contributed by atoms with Crippen molar-refractivity contribution in [3.8, 4) is 0 Å². The molecule has 3 N–H and O–H groups in total. The molecule has 0 bridgehead atoms. The third kappa shape index (κ3) is 3.35. The van der Waals surface area contributed by atoms with Gasteiger partial charge in [0, 0.05) is 25.5 Å². The summed E-state index contributed by atoms with van der Waals surface area (Å²) >= 11 is 0. The molecule has 0 aliphatic carbocycles. The maximum Gasteiger partial charge on any atom is 0.180 e. The molecule has 0 aromatic carbocycles. The van der Waals surface area contributed by atoms with Gasteiger partial charge in [0.25, 0.3) is 0 Å². The zero-order valence-corrected chi connectivity index (χ0v) is 11.4. The third-order valence-corrected chi connectivity index (χ3v) is 2.91. The molecule has 2 rings (SSSR count). The Bertz CT molecular complexity index is 525. The van der Waals surface area contributed by atoms with Crippen molar-refractivity contribution in [1.82, 2.24) is 14.4 Å². The second kappa shape index (κ2) is 6.38. The molecule has 0 aliphatic heterocycles. The van der Waals surface area contributed by atoms with Crippen LogP contribution in [0.2, 0.25) is 0 Å². The molecule has 0 saturated heterocycles. The molecular weight excluding hydrogens is 242 g/mol. The fourth-order valence-electron chi connectivity index (χ4n) is 1.75. The molecule has 104 valence electrons. The van der Waals surface area contributed by atoms with Crippen LogP contribution in [-0.2, 0) is 0 Å². The summed E-state index contributed by atoms with van der Waals surface area (Å²) < 4.78 is 1.92. The van der Waals surface area contributed by atoms with Crippen LogP contribution in [0.1, 0.15) is 26.7 Å². The van der Waals surface area contributed by atoms with E-state index >= 15 is 0 Å². The topological polar surface area (TPSA) is 74.5 Å². The van der Waals surface area contributed by atoms with Crippen molar-refractivity contribution in [2.24, 2.45) is 0 Å². The summed E-state index contributed by atoms with van der Waals surface area (Å²) in [6.45, 7) is 5.41. The number of anilines is 2. The molecule has 1 unspecified atom stereocenters. The quantitative estimate of drug-likeness (QED) is 0.709. The maximum atomic E-state index is 9.62. The number of hydrogen-bond acceptors (Lipinski definition) is 5. The van der Waals surface area contributed by atoms with Crippen LogP contribution in [-0.4, -0.2) is 38.7 Å². The fraction of sp³-hybridized carbons (Fsp3) is 0.538. The third-order valence-electron chi connectivity index (χ3n) is 2.91. The van der Waals surface area contributed by atoms with E-state index in [0.29, 0.717) is 18.8 Å². The van der Waals surface area contributed by atoms with Crippen LogP contribution in [0, 0.1) is 0 Å². The molecule has 0 aliphatic rings. The SMILES string of the molecule is CCCNc1cn2ccnc2c(NCC(O)CC)n1. The molecule has 0 spiro atoms. The van der Waals surface area contributed by atoms with Crippen LogP contribution < -0.4 is 10.6 Å². The summed E-state index contributed by atoms with van der Waals surface area (Å²) in [5.74, 6) is 1.50. The van der Waals surface area contributed by atoms with Crippen molar-refractivity contribution >= 4 is 17.3 Å². The number of rotatable bonds is 7. The van der Waals surface area contributed by atoms with E-state index in [1.807, 2.05) is 23.7 Å². The summed E-state index contributed by atoms with van der Waals surface area (Å²) in [4.78, 5) is 8.77. The average Bonchev–Trinajstić information content (AvgIpc) is 2.90. The van der Waals surface area contributed by atoms with Gasteiger partial charge < -0.3 is 20.1 Å². The predicted octanol–water partition coefficient (Wildman–Crippen LogP) is 1.73. The van der Waals surface area contributed by atoms with Crippen molar-refractivity contribution in [2.45, 2.75) is 32.8 Å². The van der Waals surface area contributed by atoms with Crippen molar-refractivity contribution < 1.29 is 5.11 Å². The van der Waals surface area contributed by atoms with Gasteiger partial charge in [-0.3, -0.25) is 0 Å². The summed E-state index contributed by atoms with van der Waals surface area (Å²) in [7, 11) is 0. The summed E-state index contributed by atoms with van der Waals surface area (Å²) in [5, 5.41) is 16.0. The average molecular weight is 263 g/mol.